The lowest BCUT2D eigenvalue weighted by Crippen LogP contribution is -2.42. The van der Waals surface area contributed by atoms with Crippen molar-refractivity contribution in [3.63, 3.8) is 0 Å². The predicted octanol–water partition coefficient (Wildman–Crippen LogP) is 2.90. The molecule has 3 heteroatoms. The van der Waals surface area contributed by atoms with Crippen molar-refractivity contribution in [2.75, 3.05) is 13.2 Å². The third-order valence-corrected chi connectivity index (χ3v) is 4.16. The van der Waals surface area contributed by atoms with Gasteiger partial charge in [0.25, 0.3) is 0 Å². The highest BCUT2D eigenvalue weighted by Crippen LogP contribution is 2.23. The van der Waals surface area contributed by atoms with Gasteiger partial charge >= 0.3 is 0 Å². The molecule has 1 aromatic rings. The molecule has 2 N–H and O–H groups in total. The van der Waals surface area contributed by atoms with Gasteiger partial charge in [-0.05, 0) is 43.4 Å². The first-order chi connectivity index (χ1) is 9.65. The van der Waals surface area contributed by atoms with Crippen LogP contribution in [0.25, 0.3) is 0 Å². The number of hydrogen-bond acceptors (Lipinski definition) is 3. The molecule has 3 atom stereocenters. The molecule has 1 fully saturated rings. The van der Waals surface area contributed by atoms with E-state index < -0.39 is 6.10 Å². The van der Waals surface area contributed by atoms with Crippen molar-refractivity contribution < 1.29 is 9.84 Å². The second kappa shape index (κ2) is 7.65. The van der Waals surface area contributed by atoms with Gasteiger partial charge in [0.15, 0.2) is 0 Å². The van der Waals surface area contributed by atoms with E-state index in [9.17, 15) is 5.11 Å². The average Bonchev–Trinajstić information content (AvgIpc) is 2.44. The van der Waals surface area contributed by atoms with Gasteiger partial charge in [-0.25, -0.2) is 0 Å². The standard InChI is InChI=1S/C17H27NO2/c1-13-6-5-8-16(10-13)20-12-15(19)11-18-17-9-4-3-7-14(17)2/h5-6,8,10,14-15,17-19H,3-4,7,9,11-12H2,1-2H3. The molecule has 1 aliphatic carbocycles. The van der Waals surface area contributed by atoms with Crippen LogP contribution in [0.3, 0.4) is 0 Å². The number of nitrogens with one attached hydrogen (secondary N) is 1. The molecule has 20 heavy (non-hydrogen) atoms. The van der Waals surface area contributed by atoms with Crippen LogP contribution < -0.4 is 10.1 Å². The summed E-state index contributed by atoms with van der Waals surface area (Å²) < 4.78 is 5.63. The highest BCUT2D eigenvalue weighted by Gasteiger charge is 2.21. The van der Waals surface area contributed by atoms with Crippen LogP contribution >= 0.6 is 0 Å². The van der Waals surface area contributed by atoms with Crippen molar-refractivity contribution in [3.8, 4) is 5.75 Å². The van der Waals surface area contributed by atoms with Crippen molar-refractivity contribution >= 4 is 0 Å². The van der Waals surface area contributed by atoms with Crippen molar-refractivity contribution in [2.45, 2.75) is 51.7 Å². The van der Waals surface area contributed by atoms with E-state index in [1.54, 1.807) is 0 Å². The summed E-state index contributed by atoms with van der Waals surface area (Å²) in [5.41, 5.74) is 1.17. The maximum absolute atomic E-state index is 10.0. The third kappa shape index (κ3) is 4.80. The van der Waals surface area contributed by atoms with Gasteiger partial charge in [-0.2, -0.15) is 0 Å². The van der Waals surface area contributed by atoms with Gasteiger partial charge in [0.2, 0.25) is 0 Å². The third-order valence-electron chi connectivity index (χ3n) is 4.16. The maximum atomic E-state index is 10.0. The Morgan fingerprint density at radius 3 is 2.90 bits per heavy atom. The van der Waals surface area contributed by atoms with Gasteiger partial charge in [0.05, 0.1) is 0 Å². The second-order valence-electron chi connectivity index (χ2n) is 6.06. The van der Waals surface area contributed by atoms with Crippen molar-refractivity contribution in [3.05, 3.63) is 29.8 Å². The maximum Gasteiger partial charge on any atom is 0.119 e. The zero-order chi connectivity index (χ0) is 14.4. The second-order valence-corrected chi connectivity index (χ2v) is 6.06. The van der Waals surface area contributed by atoms with E-state index in [0.29, 0.717) is 25.1 Å². The van der Waals surface area contributed by atoms with Gasteiger partial charge in [-0.3, -0.25) is 0 Å². The molecule has 112 valence electrons. The first-order valence-electron chi connectivity index (χ1n) is 7.76. The Kier molecular flexibility index (Phi) is 5.86. The minimum absolute atomic E-state index is 0.345. The summed E-state index contributed by atoms with van der Waals surface area (Å²) in [6.07, 6.45) is 4.72. The number of aliphatic hydroxyl groups excluding tert-OH is 1. The summed E-state index contributed by atoms with van der Waals surface area (Å²) in [5, 5.41) is 13.5. The van der Waals surface area contributed by atoms with E-state index in [1.165, 1.54) is 31.2 Å². The Morgan fingerprint density at radius 2 is 2.15 bits per heavy atom. The topological polar surface area (TPSA) is 41.5 Å². The van der Waals surface area contributed by atoms with E-state index in [0.717, 1.165) is 5.75 Å². The van der Waals surface area contributed by atoms with Crippen LogP contribution in [0.2, 0.25) is 0 Å². The molecule has 0 saturated heterocycles. The molecule has 2 rings (SSSR count). The van der Waals surface area contributed by atoms with Crippen LogP contribution in [-0.4, -0.2) is 30.4 Å². The van der Waals surface area contributed by atoms with Crippen LogP contribution in [0.4, 0.5) is 0 Å². The fourth-order valence-corrected chi connectivity index (χ4v) is 2.86. The number of hydrogen-bond donors (Lipinski definition) is 2. The monoisotopic (exact) mass is 277 g/mol. The van der Waals surface area contributed by atoms with E-state index in [4.69, 9.17) is 4.74 Å². The van der Waals surface area contributed by atoms with Crippen LogP contribution in [-0.2, 0) is 0 Å². The van der Waals surface area contributed by atoms with Gasteiger partial charge < -0.3 is 15.2 Å². The van der Waals surface area contributed by atoms with Crippen molar-refractivity contribution in [2.24, 2.45) is 5.92 Å². The number of ether oxygens (including phenoxy) is 1. The molecule has 0 spiro atoms. The van der Waals surface area contributed by atoms with Crippen LogP contribution in [0.5, 0.6) is 5.75 Å². The quantitative estimate of drug-likeness (QED) is 0.840. The molecule has 0 aromatic heterocycles. The van der Waals surface area contributed by atoms with E-state index in [1.807, 2.05) is 31.2 Å². The van der Waals surface area contributed by atoms with Crippen molar-refractivity contribution in [1.82, 2.24) is 5.32 Å². The Hall–Kier alpha value is -1.06. The van der Waals surface area contributed by atoms with Crippen LogP contribution in [0, 0.1) is 12.8 Å². The van der Waals surface area contributed by atoms with Crippen LogP contribution in [0.15, 0.2) is 24.3 Å². The summed E-state index contributed by atoms with van der Waals surface area (Å²) >= 11 is 0. The van der Waals surface area contributed by atoms with Gasteiger partial charge in [0, 0.05) is 12.6 Å². The summed E-state index contributed by atoms with van der Waals surface area (Å²) in [4.78, 5) is 0. The van der Waals surface area contributed by atoms with E-state index >= 15 is 0 Å². The smallest absolute Gasteiger partial charge is 0.119 e. The summed E-state index contributed by atoms with van der Waals surface area (Å²) in [6.45, 7) is 5.29. The van der Waals surface area contributed by atoms with E-state index in [-0.39, 0.29) is 0 Å². The fraction of sp³-hybridized carbons (Fsp3) is 0.647. The molecule has 0 bridgehead atoms. The Bertz CT molecular complexity index is 408. The Labute approximate surface area is 122 Å². The number of aryl methyl sites for hydroxylation is 1. The molecule has 3 unspecified atom stereocenters. The largest absolute Gasteiger partial charge is 0.491 e. The molecule has 0 heterocycles. The first kappa shape index (κ1) is 15.3. The number of benzene rings is 1. The summed E-state index contributed by atoms with van der Waals surface area (Å²) in [6, 6.07) is 8.48. The Morgan fingerprint density at radius 1 is 1.35 bits per heavy atom. The fourth-order valence-electron chi connectivity index (χ4n) is 2.86. The first-order valence-corrected chi connectivity index (χ1v) is 7.76. The summed E-state index contributed by atoms with van der Waals surface area (Å²) in [7, 11) is 0. The normalized spacial score (nSPS) is 24.4. The SMILES string of the molecule is Cc1cccc(OCC(O)CNC2CCCCC2C)c1. The molecule has 0 aliphatic heterocycles. The van der Waals surface area contributed by atoms with Gasteiger partial charge in [-0.15, -0.1) is 0 Å². The van der Waals surface area contributed by atoms with Crippen LogP contribution in [0.1, 0.15) is 38.2 Å². The number of aliphatic hydroxyl groups is 1. The molecule has 1 aromatic carbocycles. The lowest BCUT2D eigenvalue weighted by Gasteiger charge is -2.30. The predicted molar refractivity (Wildman–Crippen MR) is 82.1 cm³/mol. The molecular formula is C17H27NO2. The zero-order valence-electron chi connectivity index (χ0n) is 12.6. The molecule has 0 radical (unpaired) electrons. The lowest BCUT2D eigenvalue weighted by molar-refractivity contribution is 0.0984. The zero-order valence-corrected chi connectivity index (χ0v) is 12.6. The number of rotatable bonds is 6. The summed E-state index contributed by atoms with van der Waals surface area (Å²) in [5.74, 6) is 1.55. The average molecular weight is 277 g/mol. The minimum Gasteiger partial charge on any atom is -0.491 e. The molecule has 1 saturated carbocycles. The highest BCUT2D eigenvalue weighted by molar-refractivity contribution is 5.27. The van der Waals surface area contributed by atoms with Gasteiger partial charge in [0.1, 0.15) is 18.5 Å². The van der Waals surface area contributed by atoms with Crippen molar-refractivity contribution in [1.29, 1.82) is 0 Å². The highest BCUT2D eigenvalue weighted by atomic mass is 16.5. The molecule has 1 aliphatic rings. The Balaban J connectivity index is 1.68. The minimum atomic E-state index is -0.454. The van der Waals surface area contributed by atoms with Gasteiger partial charge in [-0.1, -0.05) is 31.9 Å². The van der Waals surface area contributed by atoms with E-state index in [2.05, 4.69) is 12.2 Å². The molecule has 3 nitrogen and oxygen atoms in total. The molecular weight excluding hydrogens is 250 g/mol. The lowest BCUT2D eigenvalue weighted by atomic mass is 9.86. The molecule has 0 amide bonds.